The molecule has 0 N–H and O–H groups in total. The first-order chi connectivity index (χ1) is 6.44. The number of alkyl halides is 1. The summed E-state index contributed by atoms with van der Waals surface area (Å²) in [5, 5.41) is -0.480. The Balaban J connectivity index is 3.97. The summed E-state index contributed by atoms with van der Waals surface area (Å²) < 4.78 is 27.9. The SMILES string of the molecule is CCOC(=O)CCN(C)S(=O)(=O)CCl. The van der Waals surface area contributed by atoms with E-state index in [9.17, 15) is 13.2 Å². The summed E-state index contributed by atoms with van der Waals surface area (Å²) in [7, 11) is -2.05. The number of carbonyl (C=O) groups is 1. The molecule has 0 unspecified atom stereocenters. The van der Waals surface area contributed by atoms with Gasteiger partial charge in [-0.15, -0.1) is 11.6 Å². The van der Waals surface area contributed by atoms with Crippen molar-refractivity contribution in [1.82, 2.24) is 4.31 Å². The lowest BCUT2D eigenvalue weighted by atomic mass is 10.4. The quantitative estimate of drug-likeness (QED) is 0.500. The van der Waals surface area contributed by atoms with Crippen molar-refractivity contribution in [1.29, 1.82) is 0 Å². The van der Waals surface area contributed by atoms with Gasteiger partial charge in [-0.25, -0.2) is 12.7 Å². The van der Waals surface area contributed by atoms with E-state index in [1.54, 1.807) is 6.92 Å². The van der Waals surface area contributed by atoms with E-state index < -0.39 is 21.2 Å². The number of hydrogen-bond acceptors (Lipinski definition) is 4. The molecule has 0 aliphatic rings. The second kappa shape index (κ2) is 6.21. The lowest BCUT2D eigenvalue weighted by molar-refractivity contribution is -0.143. The standard InChI is InChI=1S/C7H14ClNO4S/c1-3-13-7(10)4-5-9(2)14(11,12)6-8/h3-6H2,1-2H3. The summed E-state index contributed by atoms with van der Waals surface area (Å²) in [6.45, 7) is 2.08. The minimum atomic E-state index is -3.42. The van der Waals surface area contributed by atoms with E-state index in [4.69, 9.17) is 11.6 Å². The van der Waals surface area contributed by atoms with Crippen LogP contribution in [-0.2, 0) is 19.6 Å². The first-order valence-corrected chi connectivity index (χ1v) is 6.24. The van der Waals surface area contributed by atoms with Gasteiger partial charge in [-0.05, 0) is 6.92 Å². The third-order valence-electron chi connectivity index (χ3n) is 1.55. The Hall–Kier alpha value is -0.330. The van der Waals surface area contributed by atoms with E-state index in [1.165, 1.54) is 7.05 Å². The van der Waals surface area contributed by atoms with Crippen molar-refractivity contribution in [2.45, 2.75) is 13.3 Å². The maximum atomic E-state index is 11.1. The van der Waals surface area contributed by atoms with E-state index in [-0.39, 0.29) is 13.0 Å². The molecule has 0 bridgehead atoms. The van der Waals surface area contributed by atoms with Crippen LogP contribution in [0.5, 0.6) is 0 Å². The Morgan fingerprint density at radius 2 is 2.07 bits per heavy atom. The van der Waals surface area contributed by atoms with Crippen LogP contribution in [0.15, 0.2) is 0 Å². The smallest absolute Gasteiger partial charge is 0.307 e. The van der Waals surface area contributed by atoms with Crippen molar-refractivity contribution < 1.29 is 17.9 Å². The van der Waals surface area contributed by atoms with Crippen LogP contribution in [0.25, 0.3) is 0 Å². The van der Waals surface area contributed by atoms with E-state index >= 15 is 0 Å². The average molecular weight is 244 g/mol. The highest BCUT2D eigenvalue weighted by Gasteiger charge is 2.17. The average Bonchev–Trinajstić information content (AvgIpc) is 2.14. The predicted octanol–water partition coefficient (Wildman–Crippen LogP) is 0.398. The van der Waals surface area contributed by atoms with Gasteiger partial charge in [-0.1, -0.05) is 0 Å². The van der Waals surface area contributed by atoms with Crippen LogP contribution >= 0.6 is 11.6 Å². The Morgan fingerprint density at radius 3 is 2.50 bits per heavy atom. The normalized spacial score (nSPS) is 11.7. The molecule has 7 heteroatoms. The molecule has 0 aliphatic heterocycles. The first-order valence-electron chi connectivity index (χ1n) is 4.09. The second-order valence-corrected chi connectivity index (χ2v) is 5.26. The van der Waals surface area contributed by atoms with Gasteiger partial charge in [0.25, 0.3) is 0 Å². The fourth-order valence-electron chi connectivity index (χ4n) is 0.704. The van der Waals surface area contributed by atoms with Crippen molar-refractivity contribution in [2.24, 2.45) is 0 Å². The zero-order chi connectivity index (χ0) is 11.2. The maximum absolute atomic E-state index is 11.1. The molecule has 0 aromatic heterocycles. The van der Waals surface area contributed by atoms with Gasteiger partial charge >= 0.3 is 5.97 Å². The minimum absolute atomic E-state index is 0.0421. The number of rotatable bonds is 6. The summed E-state index contributed by atoms with van der Waals surface area (Å²) >= 11 is 5.22. The molecule has 0 saturated heterocycles. The van der Waals surface area contributed by atoms with Crippen molar-refractivity contribution in [3.63, 3.8) is 0 Å². The molecule has 0 rings (SSSR count). The number of ether oxygens (including phenoxy) is 1. The Morgan fingerprint density at radius 1 is 1.50 bits per heavy atom. The molecule has 0 aromatic rings. The van der Waals surface area contributed by atoms with Gasteiger partial charge in [0.2, 0.25) is 10.0 Å². The molecule has 5 nitrogen and oxygen atoms in total. The summed E-state index contributed by atoms with van der Waals surface area (Å²) in [6, 6.07) is 0. The highest BCUT2D eigenvalue weighted by atomic mass is 35.5. The van der Waals surface area contributed by atoms with Crippen LogP contribution in [0.4, 0.5) is 0 Å². The van der Waals surface area contributed by atoms with Crippen LogP contribution in [0.2, 0.25) is 0 Å². The Kier molecular flexibility index (Phi) is 6.06. The number of esters is 1. The molecule has 0 heterocycles. The molecule has 0 saturated carbocycles. The van der Waals surface area contributed by atoms with E-state index in [2.05, 4.69) is 4.74 Å². The molecule has 0 radical (unpaired) electrons. The molecule has 0 amide bonds. The van der Waals surface area contributed by atoms with Gasteiger partial charge in [0, 0.05) is 13.6 Å². The van der Waals surface area contributed by atoms with Crippen LogP contribution in [0.1, 0.15) is 13.3 Å². The van der Waals surface area contributed by atoms with E-state index in [0.29, 0.717) is 6.61 Å². The first kappa shape index (κ1) is 13.7. The van der Waals surface area contributed by atoms with Crippen molar-refractivity contribution in [2.75, 3.05) is 25.4 Å². The number of sulfonamides is 1. The second-order valence-electron chi connectivity index (χ2n) is 2.60. The van der Waals surface area contributed by atoms with Gasteiger partial charge in [-0.2, -0.15) is 0 Å². The van der Waals surface area contributed by atoms with Gasteiger partial charge in [0.05, 0.1) is 13.0 Å². The molecular weight excluding hydrogens is 230 g/mol. The Bertz CT molecular complexity index is 277. The molecule has 0 aromatic carbocycles. The summed E-state index contributed by atoms with van der Waals surface area (Å²) in [6.07, 6.45) is 0.0421. The van der Waals surface area contributed by atoms with Gasteiger partial charge < -0.3 is 4.74 Å². The lowest BCUT2D eigenvalue weighted by Crippen LogP contribution is -2.30. The monoisotopic (exact) mass is 243 g/mol. The minimum Gasteiger partial charge on any atom is -0.466 e. The summed E-state index contributed by atoms with van der Waals surface area (Å²) in [5.41, 5.74) is 0. The van der Waals surface area contributed by atoms with Gasteiger partial charge in [0.1, 0.15) is 5.21 Å². The zero-order valence-electron chi connectivity index (χ0n) is 8.19. The third kappa shape index (κ3) is 4.78. The third-order valence-corrected chi connectivity index (χ3v) is 3.78. The molecule has 0 fully saturated rings. The van der Waals surface area contributed by atoms with E-state index in [0.717, 1.165) is 4.31 Å². The number of halogens is 1. The van der Waals surface area contributed by atoms with Crippen molar-refractivity contribution in [3.8, 4) is 0 Å². The van der Waals surface area contributed by atoms with E-state index in [1.807, 2.05) is 0 Å². The van der Waals surface area contributed by atoms with Crippen LogP contribution in [0, 0.1) is 0 Å². The summed E-state index contributed by atoms with van der Waals surface area (Å²) in [4.78, 5) is 10.9. The lowest BCUT2D eigenvalue weighted by Gasteiger charge is -2.14. The van der Waals surface area contributed by atoms with Crippen LogP contribution in [-0.4, -0.2) is 44.1 Å². The molecule has 14 heavy (non-hydrogen) atoms. The number of hydrogen-bond donors (Lipinski definition) is 0. The topological polar surface area (TPSA) is 63.7 Å². The van der Waals surface area contributed by atoms with Crippen LogP contribution < -0.4 is 0 Å². The Labute approximate surface area is 89.0 Å². The number of nitrogens with zero attached hydrogens (tertiary/aromatic N) is 1. The zero-order valence-corrected chi connectivity index (χ0v) is 9.77. The highest BCUT2D eigenvalue weighted by Crippen LogP contribution is 2.01. The van der Waals surface area contributed by atoms with Gasteiger partial charge in [0.15, 0.2) is 0 Å². The summed E-state index contributed by atoms with van der Waals surface area (Å²) in [5.74, 6) is -0.413. The van der Waals surface area contributed by atoms with Crippen molar-refractivity contribution >= 4 is 27.6 Å². The predicted molar refractivity (Wildman–Crippen MR) is 53.5 cm³/mol. The molecular formula is C7H14ClNO4S. The van der Waals surface area contributed by atoms with Crippen LogP contribution in [0.3, 0.4) is 0 Å². The maximum Gasteiger partial charge on any atom is 0.307 e. The fraction of sp³-hybridized carbons (Fsp3) is 0.857. The molecule has 0 aliphatic carbocycles. The molecule has 0 spiro atoms. The van der Waals surface area contributed by atoms with Crippen molar-refractivity contribution in [3.05, 3.63) is 0 Å². The highest BCUT2D eigenvalue weighted by molar-refractivity contribution is 7.90. The number of carbonyl (C=O) groups excluding carboxylic acids is 1. The molecule has 84 valence electrons. The molecule has 0 atom stereocenters. The fourth-order valence-corrected chi connectivity index (χ4v) is 1.74. The van der Waals surface area contributed by atoms with Gasteiger partial charge in [-0.3, -0.25) is 4.79 Å². The largest absolute Gasteiger partial charge is 0.466 e.